The molecule has 1 heterocycles. The summed E-state index contributed by atoms with van der Waals surface area (Å²) in [4.78, 5) is 25.3. The van der Waals surface area contributed by atoms with Gasteiger partial charge in [-0.15, -0.1) is 0 Å². The quantitative estimate of drug-likeness (QED) is 0.773. The lowest BCUT2D eigenvalue weighted by molar-refractivity contribution is -0.163. The van der Waals surface area contributed by atoms with Gasteiger partial charge >= 0.3 is 0 Å². The van der Waals surface area contributed by atoms with E-state index >= 15 is 0 Å². The highest BCUT2D eigenvalue weighted by Crippen LogP contribution is 2.31. The zero-order valence-corrected chi connectivity index (χ0v) is 12.1. The highest BCUT2D eigenvalue weighted by Gasteiger charge is 2.41. The van der Waals surface area contributed by atoms with E-state index in [1.54, 1.807) is 11.8 Å². The number of morpholine rings is 1. The molecule has 2 fully saturated rings. The molecule has 0 spiro atoms. The second kappa shape index (κ2) is 5.69. The molecule has 1 atom stereocenters. The molecule has 0 aromatic carbocycles. The van der Waals surface area contributed by atoms with Gasteiger partial charge < -0.3 is 20.5 Å². The summed E-state index contributed by atoms with van der Waals surface area (Å²) in [6, 6.07) is 0. The molecule has 1 aliphatic heterocycles. The summed E-state index contributed by atoms with van der Waals surface area (Å²) in [6.45, 7) is 2.50. The van der Waals surface area contributed by atoms with Gasteiger partial charge in [0.05, 0.1) is 25.2 Å². The first-order chi connectivity index (χ1) is 9.35. The van der Waals surface area contributed by atoms with E-state index in [0.717, 1.165) is 19.3 Å². The Kier molecular flexibility index (Phi) is 4.34. The third-order valence-corrected chi connectivity index (χ3v) is 4.41. The van der Waals surface area contributed by atoms with Gasteiger partial charge in [0.25, 0.3) is 5.91 Å². The van der Waals surface area contributed by atoms with Crippen LogP contribution >= 0.6 is 0 Å². The molecule has 6 heteroatoms. The van der Waals surface area contributed by atoms with Crippen LogP contribution in [0.3, 0.4) is 0 Å². The van der Waals surface area contributed by atoms with Crippen LogP contribution in [0.15, 0.2) is 0 Å². The van der Waals surface area contributed by atoms with E-state index in [9.17, 15) is 14.7 Å². The number of hydrogen-bond acceptors (Lipinski definition) is 4. The van der Waals surface area contributed by atoms with Crippen LogP contribution in [0.1, 0.15) is 45.4 Å². The molecule has 2 rings (SSSR count). The Morgan fingerprint density at radius 1 is 1.30 bits per heavy atom. The second-order valence-corrected chi connectivity index (χ2v) is 6.22. The summed E-state index contributed by atoms with van der Waals surface area (Å²) in [5.41, 5.74) is 3.32. The molecule has 0 bridgehead atoms. The van der Waals surface area contributed by atoms with Crippen molar-refractivity contribution in [2.24, 2.45) is 5.73 Å². The van der Waals surface area contributed by atoms with Crippen molar-refractivity contribution >= 4 is 11.8 Å². The minimum atomic E-state index is -1.12. The van der Waals surface area contributed by atoms with E-state index in [4.69, 9.17) is 10.5 Å². The molecular weight excluding hydrogens is 260 g/mol. The highest BCUT2D eigenvalue weighted by molar-refractivity contribution is 5.85. The van der Waals surface area contributed by atoms with Gasteiger partial charge in [-0.1, -0.05) is 19.3 Å². The smallest absolute Gasteiger partial charge is 0.251 e. The molecule has 1 aliphatic carbocycles. The molecule has 1 saturated carbocycles. The number of carbonyl (C=O) groups is 2. The first-order valence-corrected chi connectivity index (χ1v) is 7.29. The van der Waals surface area contributed by atoms with Gasteiger partial charge in [-0.3, -0.25) is 9.59 Å². The molecule has 0 aromatic rings. The number of aliphatic hydroxyl groups is 1. The van der Waals surface area contributed by atoms with Gasteiger partial charge in [-0.25, -0.2) is 0 Å². The van der Waals surface area contributed by atoms with Crippen molar-refractivity contribution in [3.05, 3.63) is 0 Å². The Morgan fingerprint density at radius 3 is 2.55 bits per heavy atom. The Bertz CT molecular complexity index is 393. The number of amides is 2. The van der Waals surface area contributed by atoms with Crippen LogP contribution in [0.25, 0.3) is 0 Å². The molecule has 0 radical (unpaired) electrons. The predicted molar refractivity (Wildman–Crippen MR) is 72.8 cm³/mol. The summed E-state index contributed by atoms with van der Waals surface area (Å²) in [5, 5.41) is 10.4. The number of nitrogens with two attached hydrogens (primary N) is 1. The fourth-order valence-electron chi connectivity index (χ4n) is 3.01. The summed E-state index contributed by atoms with van der Waals surface area (Å²) < 4.78 is 5.39. The topological polar surface area (TPSA) is 92.9 Å². The SMILES string of the molecule is CC1(C(N)=O)CN(C(=O)CC2(O)CCCCC2)CCO1. The molecule has 2 amide bonds. The van der Waals surface area contributed by atoms with Crippen molar-refractivity contribution in [2.45, 2.75) is 56.7 Å². The number of nitrogens with zero attached hydrogens (tertiary/aromatic N) is 1. The molecule has 0 aromatic heterocycles. The predicted octanol–water partition coefficient (Wildman–Crippen LogP) is 0.175. The number of primary amides is 1. The summed E-state index contributed by atoms with van der Waals surface area (Å²) >= 11 is 0. The fraction of sp³-hybridized carbons (Fsp3) is 0.857. The summed E-state index contributed by atoms with van der Waals surface area (Å²) in [5.74, 6) is -0.684. The maximum Gasteiger partial charge on any atom is 0.251 e. The van der Waals surface area contributed by atoms with E-state index in [-0.39, 0.29) is 18.9 Å². The zero-order valence-electron chi connectivity index (χ0n) is 12.1. The van der Waals surface area contributed by atoms with Crippen molar-refractivity contribution in [1.29, 1.82) is 0 Å². The lowest BCUT2D eigenvalue weighted by Crippen LogP contribution is -2.59. The Balaban J connectivity index is 1.96. The van der Waals surface area contributed by atoms with Crippen molar-refractivity contribution in [1.82, 2.24) is 4.90 Å². The van der Waals surface area contributed by atoms with Crippen LogP contribution in [0.2, 0.25) is 0 Å². The first kappa shape index (κ1) is 15.3. The molecular formula is C14H24N2O4. The van der Waals surface area contributed by atoms with E-state index in [2.05, 4.69) is 0 Å². The van der Waals surface area contributed by atoms with E-state index in [1.165, 1.54) is 0 Å². The maximum atomic E-state index is 12.3. The Labute approximate surface area is 119 Å². The van der Waals surface area contributed by atoms with Gasteiger partial charge in [-0.2, -0.15) is 0 Å². The molecule has 20 heavy (non-hydrogen) atoms. The maximum absolute atomic E-state index is 12.3. The Hall–Kier alpha value is -1.14. The minimum absolute atomic E-state index is 0.120. The molecule has 114 valence electrons. The van der Waals surface area contributed by atoms with E-state index in [0.29, 0.717) is 26.0 Å². The third-order valence-electron chi connectivity index (χ3n) is 4.41. The number of rotatable bonds is 3. The lowest BCUT2D eigenvalue weighted by atomic mass is 9.82. The summed E-state index contributed by atoms with van der Waals surface area (Å²) in [7, 11) is 0. The van der Waals surface area contributed by atoms with Gasteiger partial charge in [0.1, 0.15) is 0 Å². The van der Waals surface area contributed by atoms with Gasteiger partial charge in [0.15, 0.2) is 5.60 Å². The Morgan fingerprint density at radius 2 is 1.95 bits per heavy atom. The van der Waals surface area contributed by atoms with E-state index in [1.807, 2.05) is 0 Å². The van der Waals surface area contributed by atoms with Gasteiger partial charge in [0.2, 0.25) is 5.91 Å². The van der Waals surface area contributed by atoms with Crippen LogP contribution in [-0.4, -0.2) is 52.7 Å². The molecule has 1 unspecified atom stereocenters. The van der Waals surface area contributed by atoms with Crippen molar-refractivity contribution < 1.29 is 19.4 Å². The lowest BCUT2D eigenvalue weighted by Gasteiger charge is -2.40. The molecule has 6 nitrogen and oxygen atoms in total. The normalized spacial score (nSPS) is 30.0. The monoisotopic (exact) mass is 284 g/mol. The number of ether oxygens (including phenoxy) is 1. The molecule has 2 aliphatic rings. The van der Waals surface area contributed by atoms with Crippen LogP contribution in [-0.2, 0) is 14.3 Å². The molecule has 1 saturated heterocycles. The van der Waals surface area contributed by atoms with Crippen LogP contribution in [0, 0.1) is 0 Å². The number of hydrogen-bond donors (Lipinski definition) is 2. The van der Waals surface area contributed by atoms with Crippen molar-refractivity contribution in [3.8, 4) is 0 Å². The average molecular weight is 284 g/mol. The van der Waals surface area contributed by atoms with Crippen LogP contribution in [0.4, 0.5) is 0 Å². The minimum Gasteiger partial charge on any atom is -0.389 e. The van der Waals surface area contributed by atoms with Crippen LogP contribution < -0.4 is 5.73 Å². The summed E-state index contributed by atoms with van der Waals surface area (Å²) in [6.07, 6.45) is 4.53. The van der Waals surface area contributed by atoms with Gasteiger partial charge in [-0.05, 0) is 19.8 Å². The third kappa shape index (κ3) is 3.30. The standard InChI is InChI=1S/C14H24N2O4/c1-13(12(15)18)10-16(7-8-20-13)11(17)9-14(19)5-3-2-4-6-14/h19H,2-10H2,1H3,(H2,15,18). The average Bonchev–Trinajstić information content (AvgIpc) is 2.39. The molecule has 3 N–H and O–H groups in total. The second-order valence-electron chi connectivity index (χ2n) is 6.22. The largest absolute Gasteiger partial charge is 0.389 e. The highest BCUT2D eigenvalue weighted by atomic mass is 16.5. The zero-order chi connectivity index (χ0) is 14.8. The van der Waals surface area contributed by atoms with Crippen LogP contribution in [0.5, 0.6) is 0 Å². The number of carbonyl (C=O) groups excluding carboxylic acids is 2. The van der Waals surface area contributed by atoms with Crippen molar-refractivity contribution in [2.75, 3.05) is 19.7 Å². The fourth-order valence-corrected chi connectivity index (χ4v) is 3.01. The van der Waals surface area contributed by atoms with Gasteiger partial charge in [0, 0.05) is 6.54 Å². The first-order valence-electron chi connectivity index (χ1n) is 7.29. The van der Waals surface area contributed by atoms with E-state index < -0.39 is 17.1 Å². The van der Waals surface area contributed by atoms with Crippen molar-refractivity contribution in [3.63, 3.8) is 0 Å².